The van der Waals surface area contributed by atoms with Crippen molar-refractivity contribution in [3.05, 3.63) is 39.5 Å². The van der Waals surface area contributed by atoms with Gasteiger partial charge in [-0.2, -0.15) is 18.3 Å². The number of anilines is 1. The number of halogens is 5. The normalized spacial score (nSPS) is 16.5. The number of hydrogen-bond acceptors (Lipinski definition) is 3. The van der Waals surface area contributed by atoms with Crippen LogP contribution in [0, 0.1) is 12.7 Å². The summed E-state index contributed by atoms with van der Waals surface area (Å²) in [5.41, 5.74) is 1.02. The zero-order valence-corrected chi connectivity index (χ0v) is 15.3. The molecule has 1 aliphatic rings. The van der Waals surface area contributed by atoms with Gasteiger partial charge in [-0.05, 0) is 41.3 Å². The number of hydrogen-bond donors (Lipinski definition) is 0. The lowest BCUT2D eigenvalue weighted by Crippen LogP contribution is -2.34. The van der Waals surface area contributed by atoms with Crippen LogP contribution in [-0.4, -0.2) is 27.9 Å². The first-order valence-electron chi connectivity index (χ1n) is 7.85. The van der Waals surface area contributed by atoms with Crippen molar-refractivity contribution in [2.24, 2.45) is 7.05 Å². The molecule has 9 heteroatoms. The summed E-state index contributed by atoms with van der Waals surface area (Å²) in [6.07, 6.45) is -1.40. The monoisotopic (exact) mass is 420 g/mol. The van der Waals surface area contributed by atoms with E-state index in [1.54, 1.807) is 4.90 Å². The zero-order chi connectivity index (χ0) is 18.4. The van der Waals surface area contributed by atoms with Gasteiger partial charge < -0.3 is 4.90 Å². The first kappa shape index (κ1) is 18.2. The quantitative estimate of drug-likeness (QED) is 0.674. The lowest BCUT2D eigenvalue weighted by Gasteiger charge is -2.33. The molecule has 25 heavy (non-hydrogen) atoms. The van der Waals surface area contributed by atoms with E-state index in [0.717, 1.165) is 30.2 Å². The van der Waals surface area contributed by atoms with E-state index in [-0.39, 0.29) is 11.7 Å². The molecule has 0 N–H and O–H groups in total. The fourth-order valence-electron chi connectivity index (χ4n) is 3.36. The molecular weight excluding hydrogens is 404 g/mol. The van der Waals surface area contributed by atoms with Crippen molar-refractivity contribution < 1.29 is 17.6 Å². The predicted molar refractivity (Wildman–Crippen MR) is 89.0 cm³/mol. The molecule has 0 amide bonds. The van der Waals surface area contributed by atoms with Crippen LogP contribution in [0.2, 0.25) is 0 Å². The molecule has 0 spiro atoms. The first-order chi connectivity index (χ1) is 11.7. The van der Waals surface area contributed by atoms with E-state index < -0.39 is 22.2 Å². The van der Waals surface area contributed by atoms with Gasteiger partial charge in [0.15, 0.2) is 5.69 Å². The van der Waals surface area contributed by atoms with Crippen LogP contribution in [0.1, 0.15) is 35.7 Å². The van der Waals surface area contributed by atoms with Gasteiger partial charge in [-0.1, -0.05) is 0 Å². The van der Waals surface area contributed by atoms with Crippen molar-refractivity contribution in [2.45, 2.75) is 31.9 Å². The van der Waals surface area contributed by atoms with Crippen LogP contribution >= 0.6 is 15.9 Å². The number of alkyl halides is 3. The molecule has 2 aromatic rings. The number of aromatic nitrogens is 3. The number of pyridine rings is 1. The Balaban J connectivity index is 1.81. The van der Waals surface area contributed by atoms with Crippen LogP contribution in [-0.2, 0) is 13.2 Å². The summed E-state index contributed by atoms with van der Waals surface area (Å²) < 4.78 is 54.2. The first-order valence-corrected chi connectivity index (χ1v) is 8.64. The van der Waals surface area contributed by atoms with Gasteiger partial charge in [0, 0.05) is 37.8 Å². The van der Waals surface area contributed by atoms with E-state index in [9.17, 15) is 17.6 Å². The highest BCUT2D eigenvalue weighted by atomic mass is 79.9. The standard InChI is InChI=1S/C16H17BrF4N4/c1-9-8-22-24(2)14(9)10-3-5-25(6-4-10)12-7-11(18)13(17)15(23-12)16(19,20)21/h7-8,10H,3-6H2,1-2H3. The van der Waals surface area contributed by atoms with Crippen molar-refractivity contribution in [1.82, 2.24) is 14.8 Å². The Morgan fingerprint density at radius 3 is 2.40 bits per heavy atom. The Morgan fingerprint density at radius 2 is 1.88 bits per heavy atom. The average Bonchev–Trinajstić information content (AvgIpc) is 2.88. The summed E-state index contributed by atoms with van der Waals surface area (Å²) >= 11 is 2.64. The summed E-state index contributed by atoms with van der Waals surface area (Å²) in [7, 11) is 1.88. The van der Waals surface area contributed by atoms with Crippen molar-refractivity contribution in [3.63, 3.8) is 0 Å². The van der Waals surface area contributed by atoms with Gasteiger partial charge in [-0.25, -0.2) is 9.37 Å². The minimum atomic E-state index is -4.71. The van der Waals surface area contributed by atoms with E-state index in [2.05, 4.69) is 26.0 Å². The second kappa shape index (κ2) is 6.59. The summed E-state index contributed by atoms with van der Waals surface area (Å²) in [6, 6.07) is 1.05. The molecule has 1 fully saturated rings. The van der Waals surface area contributed by atoms with Crippen LogP contribution in [0.25, 0.3) is 0 Å². The highest BCUT2D eigenvalue weighted by molar-refractivity contribution is 9.10. The fourth-order valence-corrected chi connectivity index (χ4v) is 3.79. The molecule has 1 saturated heterocycles. The molecule has 0 radical (unpaired) electrons. The SMILES string of the molecule is Cc1cnn(C)c1C1CCN(c2cc(F)c(Br)c(C(F)(F)F)n2)CC1. The summed E-state index contributed by atoms with van der Waals surface area (Å²) in [5.74, 6) is -0.652. The third kappa shape index (κ3) is 3.51. The molecule has 2 aromatic heterocycles. The summed E-state index contributed by atoms with van der Waals surface area (Å²) in [5, 5.41) is 4.24. The molecule has 0 atom stereocenters. The molecule has 0 aromatic carbocycles. The summed E-state index contributed by atoms with van der Waals surface area (Å²) in [4.78, 5) is 5.35. The maximum Gasteiger partial charge on any atom is 0.434 e. The van der Waals surface area contributed by atoms with E-state index in [0.29, 0.717) is 13.1 Å². The Morgan fingerprint density at radius 1 is 1.24 bits per heavy atom. The molecular formula is C16H17BrF4N4. The molecule has 4 nitrogen and oxygen atoms in total. The smallest absolute Gasteiger partial charge is 0.356 e. The molecule has 0 bridgehead atoms. The molecule has 3 heterocycles. The van der Waals surface area contributed by atoms with E-state index in [1.165, 1.54) is 0 Å². The Bertz CT molecular complexity index is 760. The van der Waals surface area contributed by atoms with Crippen molar-refractivity contribution in [1.29, 1.82) is 0 Å². The van der Waals surface area contributed by atoms with Gasteiger partial charge in [0.2, 0.25) is 0 Å². The lowest BCUT2D eigenvalue weighted by atomic mass is 9.91. The van der Waals surface area contributed by atoms with Crippen molar-refractivity contribution in [2.75, 3.05) is 18.0 Å². The second-order valence-corrected chi connectivity index (χ2v) is 7.01. The highest BCUT2D eigenvalue weighted by Crippen LogP contribution is 2.37. The minimum absolute atomic E-state index is 0.0215. The van der Waals surface area contributed by atoms with Gasteiger partial charge in [-0.3, -0.25) is 4.68 Å². The van der Waals surface area contributed by atoms with Crippen molar-refractivity contribution in [3.8, 4) is 0 Å². The third-order valence-electron chi connectivity index (χ3n) is 4.55. The van der Waals surface area contributed by atoms with E-state index >= 15 is 0 Å². The van der Waals surface area contributed by atoms with Gasteiger partial charge in [-0.15, -0.1) is 0 Å². The topological polar surface area (TPSA) is 34.0 Å². The van der Waals surface area contributed by atoms with Crippen LogP contribution in [0.4, 0.5) is 23.4 Å². The molecule has 0 aliphatic carbocycles. The number of piperidine rings is 1. The maximum atomic E-state index is 13.9. The zero-order valence-electron chi connectivity index (χ0n) is 13.7. The van der Waals surface area contributed by atoms with Gasteiger partial charge >= 0.3 is 6.18 Å². The van der Waals surface area contributed by atoms with Gasteiger partial charge in [0.05, 0.1) is 10.7 Å². The van der Waals surface area contributed by atoms with Crippen LogP contribution < -0.4 is 4.90 Å². The lowest BCUT2D eigenvalue weighted by molar-refractivity contribution is -0.142. The molecule has 1 aliphatic heterocycles. The van der Waals surface area contributed by atoms with Crippen LogP contribution in [0.5, 0.6) is 0 Å². The van der Waals surface area contributed by atoms with E-state index in [4.69, 9.17) is 0 Å². The fraction of sp³-hybridized carbons (Fsp3) is 0.500. The highest BCUT2D eigenvalue weighted by Gasteiger charge is 2.37. The molecule has 136 valence electrons. The Labute approximate surface area is 151 Å². The predicted octanol–water partition coefficient (Wildman–Crippen LogP) is 4.43. The maximum absolute atomic E-state index is 13.9. The second-order valence-electron chi connectivity index (χ2n) is 6.22. The number of nitrogens with zero attached hydrogens (tertiary/aromatic N) is 4. The Hall–Kier alpha value is -1.64. The van der Waals surface area contributed by atoms with Gasteiger partial charge in [0.25, 0.3) is 0 Å². The van der Waals surface area contributed by atoms with Crippen molar-refractivity contribution >= 4 is 21.7 Å². The third-order valence-corrected chi connectivity index (χ3v) is 5.31. The van der Waals surface area contributed by atoms with E-state index in [1.807, 2.05) is 24.9 Å². The summed E-state index contributed by atoms with van der Waals surface area (Å²) in [6.45, 7) is 3.03. The molecule has 3 rings (SSSR count). The Kier molecular flexibility index (Phi) is 4.78. The number of rotatable bonds is 2. The van der Waals surface area contributed by atoms with Crippen LogP contribution in [0.15, 0.2) is 16.7 Å². The number of aryl methyl sites for hydroxylation is 2. The largest absolute Gasteiger partial charge is 0.434 e. The van der Waals surface area contributed by atoms with Crippen LogP contribution in [0.3, 0.4) is 0 Å². The average molecular weight is 421 g/mol. The molecule has 0 unspecified atom stereocenters. The minimum Gasteiger partial charge on any atom is -0.356 e. The van der Waals surface area contributed by atoms with Gasteiger partial charge in [0.1, 0.15) is 11.6 Å². The molecule has 0 saturated carbocycles.